The molecule has 0 fully saturated rings. The summed E-state index contributed by atoms with van der Waals surface area (Å²) in [6.45, 7) is 1.55. The van der Waals surface area contributed by atoms with Crippen molar-refractivity contribution in [3.05, 3.63) is 65.7 Å². The van der Waals surface area contributed by atoms with Crippen LogP contribution in [0.4, 0.5) is 0 Å². The lowest BCUT2D eigenvalue weighted by Crippen LogP contribution is -2.51. The molecule has 0 radical (unpaired) electrons. The first kappa shape index (κ1) is 27.3. The van der Waals surface area contributed by atoms with Gasteiger partial charge in [0.15, 0.2) is 0 Å². The van der Waals surface area contributed by atoms with Gasteiger partial charge in [0.05, 0.1) is 19.9 Å². The van der Waals surface area contributed by atoms with Crippen molar-refractivity contribution in [1.82, 2.24) is 14.5 Å². The van der Waals surface area contributed by atoms with Crippen molar-refractivity contribution in [3.63, 3.8) is 0 Å². The van der Waals surface area contributed by atoms with Crippen LogP contribution in [0.15, 0.2) is 54.6 Å². The first-order chi connectivity index (χ1) is 16.2. The molecule has 2 N–H and O–H groups in total. The van der Waals surface area contributed by atoms with Gasteiger partial charge in [-0.15, -0.1) is 0 Å². The standard InChI is InChI=1S/C24H33N3O6S/c1-19(24(30)25-14-7-15-28)27(17-21-10-12-22(33-2)13-11-21)23(29)18-26(34(3,31)32)16-20-8-5-4-6-9-20/h4-6,8-13,19,28H,7,14-18H2,1-3H3,(H,25,30)/t19-/m1/s1. The predicted molar refractivity (Wildman–Crippen MR) is 129 cm³/mol. The molecule has 0 aliphatic heterocycles. The SMILES string of the molecule is COc1ccc(CN(C(=O)CN(Cc2ccccc2)S(C)(=O)=O)[C@H](C)C(=O)NCCCO)cc1. The number of methoxy groups -OCH3 is 1. The van der Waals surface area contributed by atoms with Crippen molar-refractivity contribution >= 4 is 21.8 Å². The lowest BCUT2D eigenvalue weighted by molar-refractivity contribution is -0.140. The number of nitrogens with zero attached hydrogens (tertiary/aromatic N) is 2. The number of hydrogen-bond donors (Lipinski definition) is 2. The van der Waals surface area contributed by atoms with Crippen LogP contribution in [-0.4, -0.2) is 73.6 Å². The molecule has 2 amide bonds. The lowest BCUT2D eigenvalue weighted by atomic mass is 10.1. The van der Waals surface area contributed by atoms with Gasteiger partial charge in [-0.3, -0.25) is 9.59 Å². The lowest BCUT2D eigenvalue weighted by Gasteiger charge is -2.31. The highest BCUT2D eigenvalue weighted by atomic mass is 32.2. The number of ether oxygens (including phenoxy) is 1. The van der Waals surface area contributed by atoms with E-state index in [9.17, 15) is 18.0 Å². The van der Waals surface area contributed by atoms with Crippen LogP contribution in [0.25, 0.3) is 0 Å². The number of aliphatic hydroxyl groups excluding tert-OH is 1. The molecule has 0 aromatic heterocycles. The fourth-order valence-electron chi connectivity index (χ4n) is 3.27. The van der Waals surface area contributed by atoms with E-state index in [-0.39, 0.29) is 32.1 Å². The summed E-state index contributed by atoms with van der Waals surface area (Å²) in [5, 5.41) is 11.7. The maximum Gasteiger partial charge on any atom is 0.242 e. The van der Waals surface area contributed by atoms with Crippen LogP contribution in [0.5, 0.6) is 5.75 Å². The number of amides is 2. The van der Waals surface area contributed by atoms with Crippen LogP contribution >= 0.6 is 0 Å². The van der Waals surface area contributed by atoms with E-state index in [1.807, 2.05) is 6.07 Å². The summed E-state index contributed by atoms with van der Waals surface area (Å²) in [7, 11) is -2.14. The largest absolute Gasteiger partial charge is 0.497 e. The molecule has 0 saturated heterocycles. The van der Waals surface area contributed by atoms with E-state index in [1.165, 1.54) is 4.90 Å². The fraction of sp³-hybridized carbons (Fsp3) is 0.417. The van der Waals surface area contributed by atoms with Crippen LogP contribution in [0.3, 0.4) is 0 Å². The second kappa shape index (κ2) is 13.1. The average Bonchev–Trinajstić information content (AvgIpc) is 2.82. The molecule has 2 aromatic rings. The van der Waals surface area contributed by atoms with E-state index in [0.717, 1.165) is 21.7 Å². The highest BCUT2D eigenvalue weighted by Gasteiger charge is 2.29. The minimum Gasteiger partial charge on any atom is -0.497 e. The zero-order valence-electron chi connectivity index (χ0n) is 19.8. The van der Waals surface area contributed by atoms with Gasteiger partial charge in [-0.25, -0.2) is 8.42 Å². The van der Waals surface area contributed by atoms with E-state index in [2.05, 4.69) is 5.32 Å². The molecule has 10 heteroatoms. The summed E-state index contributed by atoms with van der Waals surface area (Å²) >= 11 is 0. The maximum atomic E-state index is 13.4. The first-order valence-electron chi connectivity index (χ1n) is 11.0. The minimum atomic E-state index is -3.70. The van der Waals surface area contributed by atoms with Crippen molar-refractivity contribution in [2.24, 2.45) is 0 Å². The third-order valence-electron chi connectivity index (χ3n) is 5.30. The van der Waals surface area contributed by atoms with Crippen molar-refractivity contribution in [2.45, 2.75) is 32.5 Å². The van der Waals surface area contributed by atoms with Crippen LogP contribution in [0, 0.1) is 0 Å². The van der Waals surface area contributed by atoms with Crippen LogP contribution in [0.1, 0.15) is 24.5 Å². The second-order valence-electron chi connectivity index (χ2n) is 7.93. The van der Waals surface area contributed by atoms with Crippen molar-refractivity contribution in [1.29, 1.82) is 0 Å². The molecule has 2 aromatic carbocycles. The Morgan fingerprint density at radius 3 is 2.21 bits per heavy atom. The Hall–Kier alpha value is -2.95. The summed E-state index contributed by atoms with van der Waals surface area (Å²) < 4.78 is 31.1. The Morgan fingerprint density at radius 1 is 1.03 bits per heavy atom. The zero-order chi connectivity index (χ0) is 25.1. The Labute approximate surface area is 201 Å². The van der Waals surface area contributed by atoms with Gasteiger partial charge in [0.25, 0.3) is 0 Å². The van der Waals surface area contributed by atoms with Gasteiger partial charge in [-0.1, -0.05) is 42.5 Å². The quantitative estimate of drug-likeness (QED) is 0.409. The third-order valence-corrected chi connectivity index (χ3v) is 6.49. The molecule has 0 aliphatic carbocycles. The number of nitrogens with one attached hydrogen (secondary N) is 1. The zero-order valence-corrected chi connectivity index (χ0v) is 20.6. The highest BCUT2D eigenvalue weighted by Crippen LogP contribution is 2.16. The number of benzene rings is 2. The first-order valence-corrected chi connectivity index (χ1v) is 12.8. The molecule has 0 spiro atoms. The summed E-state index contributed by atoms with van der Waals surface area (Å²) in [6.07, 6.45) is 1.45. The van der Waals surface area contributed by atoms with Gasteiger partial charge in [-0.2, -0.15) is 4.31 Å². The number of carbonyl (C=O) groups is 2. The van der Waals surface area contributed by atoms with Gasteiger partial charge < -0.3 is 20.1 Å². The second-order valence-corrected chi connectivity index (χ2v) is 9.91. The van der Waals surface area contributed by atoms with Gasteiger partial charge in [0.2, 0.25) is 21.8 Å². The van der Waals surface area contributed by atoms with Crippen molar-refractivity contribution in [2.75, 3.05) is 33.1 Å². The molecule has 1 atom stereocenters. The van der Waals surface area contributed by atoms with Gasteiger partial charge in [-0.05, 0) is 36.6 Å². The fourth-order valence-corrected chi connectivity index (χ4v) is 4.00. The minimum absolute atomic E-state index is 0.0405. The normalized spacial score (nSPS) is 12.3. The number of hydrogen-bond acceptors (Lipinski definition) is 6. The molecule has 0 aliphatic rings. The summed E-state index contributed by atoms with van der Waals surface area (Å²) in [6, 6.07) is 15.2. The van der Waals surface area contributed by atoms with Crippen LogP contribution in [0.2, 0.25) is 0 Å². The summed E-state index contributed by atoms with van der Waals surface area (Å²) in [5.74, 6) is -0.228. The van der Waals surface area contributed by atoms with Gasteiger partial charge in [0.1, 0.15) is 11.8 Å². The molecule has 0 saturated carbocycles. The van der Waals surface area contributed by atoms with E-state index in [4.69, 9.17) is 9.84 Å². The summed E-state index contributed by atoms with van der Waals surface area (Å²) in [5.41, 5.74) is 1.51. The monoisotopic (exact) mass is 491 g/mol. The van der Waals surface area contributed by atoms with E-state index in [0.29, 0.717) is 12.2 Å². The molecule has 0 unspecified atom stereocenters. The Balaban J connectivity index is 2.26. The highest BCUT2D eigenvalue weighted by molar-refractivity contribution is 7.88. The average molecular weight is 492 g/mol. The predicted octanol–water partition coefficient (Wildman–Crippen LogP) is 1.37. The molecule has 9 nitrogen and oxygen atoms in total. The third kappa shape index (κ3) is 8.44. The van der Waals surface area contributed by atoms with Crippen molar-refractivity contribution in [3.8, 4) is 5.75 Å². The Morgan fingerprint density at radius 2 is 1.65 bits per heavy atom. The molecular formula is C24H33N3O6S. The van der Waals surface area contributed by atoms with Crippen molar-refractivity contribution < 1.29 is 27.9 Å². The number of carbonyl (C=O) groups excluding carboxylic acids is 2. The Kier molecular flexibility index (Phi) is 10.5. The number of aliphatic hydroxyl groups is 1. The van der Waals surface area contributed by atoms with Crippen LogP contribution < -0.4 is 10.1 Å². The molecule has 186 valence electrons. The molecule has 2 rings (SSSR count). The molecular weight excluding hydrogens is 458 g/mol. The topological polar surface area (TPSA) is 116 Å². The number of sulfonamides is 1. The Bertz CT molecular complexity index is 1030. The van der Waals surface area contributed by atoms with Gasteiger partial charge >= 0.3 is 0 Å². The number of rotatable bonds is 13. The van der Waals surface area contributed by atoms with Crippen LogP contribution in [-0.2, 0) is 32.7 Å². The van der Waals surface area contributed by atoms with E-state index in [1.54, 1.807) is 62.6 Å². The summed E-state index contributed by atoms with van der Waals surface area (Å²) in [4.78, 5) is 27.4. The smallest absolute Gasteiger partial charge is 0.242 e. The maximum absolute atomic E-state index is 13.4. The van der Waals surface area contributed by atoms with E-state index >= 15 is 0 Å². The molecule has 0 bridgehead atoms. The van der Waals surface area contributed by atoms with Gasteiger partial charge in [0, 0.05) is 26.2 Å². The van der Waals surface area contributed by atoms with E-state index < -0.39 is 28.5 Å². The molecule has 34 heavy (non-hydrogen) atoms. The molecule has 0 heterocycles.